The number of hydrogen-bond acceptors (Lipinski definition) is 4. The number of aromatic nitrogens is 2. The molecule has 0 fully saturated rings. The number of carbonyl (C=O) groups is 2. The molecule has 5 nitrogen and oxygen atoms in total. The Balaban J connectivity index is 2.11. The summed E-state index contributed by atoms with van der Waals surface area (Å²) in [5, 5.41) is 0.964. The van der Waals surface area contributed by atoms with Crippen LogP contribution in [-0.4, -0.2) is 21.8 Å². The van der Waals surface area contributed by atoms with Crippen molar-refractivity contribution < 1.29 is 9.59 Å². The average Bonchev–Trinajstić information content (AvgIpc) is 2.79. The van der Waals surface area contributed by atoms with E-state index in [2.05, 4.69) is 41.8 Å². The third-order valence-electron chi connectivity index (χ3n) is 3.14. The minimum Gasteiger partial charge on any atom is -0.268 e. The van der Waals surface area contributed by atoms with E-state index in [0.717, 1.165) is 10.6 Å². The zero-order valence-electron chi connectivity index (χ0n) is 10.7. The van der Waals surface area contributed by atoms with Crippen LogP contribution in [0, 0.1) is 0 Å². The van der Waals surface area contributed by atoms with Gasteiger partial charge in [-0.1, -0.05) is 44.0 Å². The molecule has 0 spiro atoms. The minimum atomic E-state index is -0.362. The zero-order chi connectivity index (χ0) is 15.0. The van der Waals surface area contributed by atoms with E-state index >= 15 is 0 Å². The van der Waals surface area contributed by atoms with Gasteiger partial charge in [-0.05, 0) is 12.1 Å². The molecule has 0 atom stereocenters. The number of benzene rings is 1. The molecule has 1 aromatic heterocycles. The van der Waals surface area contributed by atoms with Crippen LogP contribution in [-0.2, 0) is 10.7 Å². The molecule has 7 heteroatoms. The fourth-order valence-corrected chi connectivity index (χ4v) is 2.83. The maximum absolute atomic E-state index is 12.4. The Kier molecular flexibility index (Phi) is 3.86. The topological polar surface area (TPSA) is 63.2 Å². The highest BCUT2D eigenvalue weighted by Crippen LogP contribution is 2.29. The van der Waals surface area contributed by atoms with Crippen molar-refractivity contribution in [1.29, 1.82) is 0 Å². The van der Waals surface area contributed by atoms with Gasteiger partial charge in [0, 0.05) is 10.7 Å². The van der Waals surface area contributed by atoms with Crippen LogP contribution < -0.4 is 4.90 Å². The zero-order valence-corrected chi connectivity index (χ0v) is 13.9. The summed E-state index contributed by atoms with van der Waals surface area (Å²) in [7, 11) is 0. The van der Waals surface area contributed by atoms with Crippen molar-refractivity contribution in [1.82, 2.24) is 9.97 Å². The van der Waals surface area contributed by atoms with Gasteiger partial charge in [0.1, 0.15) is 0 Å². The summed E-state index contributed by atoms with van der Waals surface area (Å²) < 4.78 is 0. The fraction of sp³-hybridized carbons (Fsp3) is 0.143. The molecular formula is C14H9Br2N3O2. The molecule has 0 saturated heterocycles. The van der Waals surface area contributed by atoms with E-state index in [9.17, 15) is 9.59 Å². The Morgan fingerprint density at radius 1 is 1.00 bits per heavy atom. The summed E-state index contributed by atoms with van der Waals surface area (Å²) in [4.78, 5) is 34.6. The summed E-state index contributed by atoms with van der Waals surface area (Å²) >= 11 is 6.64. The lowest BCUT2D eigenvalue weighted by Crippen LogP contribution is -2.31. The highest BCUT2D eigenvalue weighted by molar-refractivity contribution is 9.08. The average molecular weight is 411 g/mol. The molecule has 0 unspecified atom stereocenters. The predicted octanol–water partition coefficient (Wildman–Crippen LogP) is 3.07. The Labute approximate surface area is 137 Å². The number of rotatable bonds is 3. The van der Waals surface area contributed by atoms with Crippen LogP contribution in [0.1, 0.15) is 32.1 Å². The van der Waals surface area contributed by atoms with Crippen molar-refractivity contribution >= 4 is 49.5 Å². The molecular weight excluding hydrogens is 402 g/mol. The largest absolute Gasteiger partial charge is 0.268 e. The standard InChI is InChI=1S/C14H9Br2N3O2/c15-5-8-7-17-12(11(6-16)18-8)19-13(20)9-3-1-2-4-10(9)14(19)21/h1-4,7H,5-6H2. The van der Waals surface area contributed by atoms with Gasteiger partial charge in [-0.15, -0.1) is 0 Å². The van der Waals surface area contributed by atoms with Crippen molar-refractivity contribution in [3.63, 3.8) is 0 Å². The van der Waals surface area contributed by atoms with Gasteiger partial charge in [-0.25, -0.2) is 9.88 Å². The van der Waals surface area contributed by atoms with E-state index < -0.39 is 0 Å². The van der Waals surface area contributed by atoms with Gasteiger partial charge in [0.2, 0.25) is 0 Å². The number of carbonyl (C=O) groups excluding carboxylic acids is 2. The molecule has 1 aliphatic rings. The number of fused-ring (bicyclic) bond motifs is 1. The van der Waals surface area contributed by atoms with Gasteiger partial charge < -0.3 is 0 Å². The molecule has 21 heavy (non-hydrogen) atoms. The summed E-state index contributed by atoms with van der Waals surface area (Å²) in [6, 6.07) is 6.75. The molecule has 0 bridgehead atoms. The van der Waals surface area contributed by atoms with Crippen LogP contribution in [0.15, 0.2) is 30.5 Å². The van der Waals surface area contributed by atoms with Crippen molar-refractivity contribution in [3.05, 3.63) is 53.0 Å². The van der Waals surface area contributed by atoms with Crippen LogP contribution in [0.3, 0.4) is 0 Å². The lowest BCUT2D eigenvalue weighted by Gasteiger charge is -2.15. The molecule has 0 N–H and O–H groups in total. The Hall–Kier alpha value is -1.60. The van der Waals surface area contributed by atoms with Crippen LogP contribution in [0.25, 0.3) is 0 Å². The second kappa shape index (κ2) is 5.65. The van der Waals surface area contributed by atoms with Crippen molar-refractivity contribution in [2.75, 3.05) is 4.90 Å². The highest BCUT2D eigenvalue weighted by atomic mass is 79.9. The summed E-state index contributed by atoms with van der Waals surface area (Å²) in [6.07, 6.45) is 1.56. The second-order valence-electron chi connectivity index (χ2n) is 4.39. The van der Waals surface area contributed by atoms with E-state index in [0.29, 0.717) is 27.5 Å². The van der Waals surface area contributed by atoms with Gasteiger partial charge in [-0.2, -0.15) is 0 Å². The maximum Gasteiger partial charge on any atom is 0.267 e. The monoisotopic (exact) mass is 409 g/mol. The molecule has 2 amide bonds. The van der Waals surface area contributed by atoms with E-state index in [4.69, 9.17) is 0 Å². The van der Waals surface area contributed by atoms with Gasteiger partial charge in [0.25, 0.3) is 11.8 Å². The number of alkyl halides is 2. The highest BCUT2D eigenvalue weighted by Gasteiger charge is 2.38. The lowest BCUT2D eigenvalue weighted by molar-refractivity contribution is 0.0924. The quantitative estimate of drug-likeness (QED) is 0.576. The van der Waals surface area contributed by atoms with Crippen LogP contribution in [0.5, 0.6) is 0 Å². The van der Waals surface area contributed by atoms with Gasteiger partial charge in [0.05, 0.1) is 28.7 Å². The Morgan fingerprint density at radius 2 is 1.62 bits per heavy atom. The minimum absolute atomic E-state index is 0.280. The van der Waals surface area contributed by atoms with Crippen molar-refractivity contribution in [2.45, 2.75) is 10.7 Å². The first-order chi connectivity index (χ1) is 10.2. The lowest BCUT2D eigenvalue weighted by atomic mass is 10.1. The van der Waals surface area contributed by atoms with Crippen LogP contribution in [0.2, 0.25) is 0 Å². The van der Waals surface area contributed by atoms with Gasteiger partial charge >= 0.3 is 0 Å². The normalized spacial score (nSPS) is 13.7. The molecule has 1 aliphatic heterocycles. The number of amides is 2. The van der Waals surface area contributed by atoms with Gasteiger partial charge in [-0.3, -0.25) is 14.6 Å². The van der Waals surface area contributed by atoms with E-state index in [1.54, 1.807) is 30.5 Å². The Bertz CT molecular complexity index is 714. The van der Waals surface area contributed by atoms with Crippen molar-refractivity contribution in [3.8, 4) is 0 Å². The molecule has 0 radical (unpaired) electrons. The molecule has 3 rings (SSSR count). The molecule has 2 aromatic rings. The molecule has 106 valence electrons. The first-order valence-electron chi connectivity index (χ1n) is 6.12. The smallest absolute Gasteiger partial charge is 0.267 e. The number of anilines is 1. The summed E-state index contributed by atoms with van der Waals surface area (Å²) in [6.45, 7) is 0. The molecule has 0 aliphatic carbocycles. The fourth-order valence-electron chi connectivity index (χ4n) is 2.18. The van der Waals surface area contributed by atoms with E-state index in [1.807, 2.05) is 0 Å². The van der Waals surface area contributed by atoms with Gasteiger partial charge in [0.15, 0.2) is 5.82 Å². The number of imide groups is 1. The number of nitrogens with zero attached hydrogens (tertiary/aromatic N) is 3. The summed E-state index contributed by atoms with van der Waals surface area (Å²) in [5.74, 6) is -0.444. The molecule has 1 aromatic carbocycles. The van der Waals surface area contributed by atoms with Crippen LogP contribution >= 0.6 is 31.9 Å². The van der Waals surface area contributed by atoms with Crippen LogP contribution in [0.4, 0.5) is 5.82 Å². The molecule has 2 heterocycles. The first kappa shape index (κ1) is 14.3. The Morgan fingerprint density at radius 3 is 2.14 bits per heavy atom. The molecule has 0 saturated carbocycles. The van der Waals surface area contributed by atoms with Crippen molar-refractivity contribution in [2.24, 2.45) is 0 Å². The third kappa shape index (κ3) is 2.30. The number of halogens is 2. The number of hydrogen-bond donors (Lipinski definition) is 0. The predicted molar refractivity (Wildman–Crippen MR) is 84.9 cm³/mol. The van der Waals surface area contributed by atoms with E-state index in [-0.39, 0.29) is 17.6 Å². The second-order valence-corrected chi connectivity index (χ2v) is 5.51. The third-order valence-corrected chi connectivity index (χ3v) is 4.25. The maximum atomic E-state index is 12.4. The SMILES string of the molecule is O=C1c2ccccc2C(=O)N1c1ncc(CBr)nc1CBr. The van der Waals surface area contributed by atoms with E-state index in [1.165, 1.54) is 0 Å². The summed E-state index contributed by atoms with van der Waals surface area (Å²) in [5.41, 5.74) is 2.09. The first-order valence-corrected chi connectivity index (χ1v) is 8.36.